The van der Waals surface area contributed by atoms with E-state index in [0.717, 1.165) is 0 Å². The first-order chi connectivity index (χ1) is 7.51. The van der Waals surface area contributed by atoms with Crippen LogP contribution in [0.5, 0.6) is 0 Å². The molecule has 1 unspecified atom stereocenters. The molecule has 5 atom stereocenters. The molecule has 2 rings (SSSR count). The molecule has 4 nitrogen and oxygen atoms in total. The first kappa shape index (κ1) is 12.3. The minimum atomic E-state index is -0.427. The molecule has 4 heteroatoms. The van der Waals surface area contributed by atoms with Crippen molar-refractivity contribution in [2.24, 2.45) is 0 Å². The minimum absolute atomic E-state index is 0.0163. The minimum Gasteiger partial charge on any atom is -0.381 e. The lowest BCUT2D eigenvalue weighted by atomic mass is 9.94. The second kappa shape index (κ2) is 4.26. The first-order valence-corrected chi connectivity index (χ1v) is 5.99. The van der Waals surface area contributed by atoms with Gasteiger partial charge in [-0.1, -0.05) is 0 Å². The quantitative estimate of drug-likeness (QED) is 0.731. The standard InChI is InChI=1S/C12H22O4/c1-7(2)14-11-10-8(3)16-12(11,6-13-5)9(4)15-10/h7-11H,6H2,1-5H3/t8-,9?,10-,11-,12-/m0/s1. The molecule has 0 aromatic rings. The molecule has 2 heterocycles. The molecule has 0 saturated carbocycles. The molecule has 16 heavy (non-hydrogen) atoms. The Kier molecular flexibility index (Phi) is 3.27. The number of methoxy groups -OCH3 is 1. The molecular formula is C12H22O4. The van der Waals surface area contributed by atoms with Crippen molar-refractivity contribution in [3.05, 3.63) is 0 Å². The van der Waals surface area contributed by atoms with E-state index in [1.165, 1.54) is 0 Å². The maximum absolute atomic E-state index is 6.04. The van der Waals surface area contributed by atoms with Crippen molar-refractivity contribution in [1.82, 2.24) is 0 Å². The van der Waals surface area contributed by atoms with Crippen LogP contribution in [-0.4, -0.2) is 49.8 Å². The summed E-state index contributed by atoms with van der Waals surface area (Å²) in [5, 5.41) is 0. The van der Waals surface area contributed by atoms with E-state index in [-0.39, 0.29) is 30.5 Å². The van der Waals surface area contributed by atoms with Gasteiger partial charge in [0.25, 0.3) is 0 Å². The van der Waals surface area contributed by atoms with Crippen molar-refractivity contribution in [2.45, 2.75) is 63.8 Å². The van der Waals surface area contributed by atoms with Gasteiger partial charge in [-0.25, -0.2) is 0 Å². The van der Waals surface area contributed by atoms with Crippen LogP contribution >= 0.6 is 0 Å². The predicted molar refractivity (Wildman–Crippen MR) is 59.5 cm³/mol. The van der Waals surface area contributed by atoms with Gasteiger partial charge in [0.2, 0.25) is 0 Å². The SMILES string of the molecule is COC[C@]12O[C@@H](C)[C@H](OC1C)[C@@H]2OC(C)C. The highest BCUT2D eigenvalue weighted by Gasteiger charge is 2.65. The van der Waals surface area contributed by atoms with E-state index in [0.29, 0.717) is 6.61 Å². The molecule has 2 aliphatic rings. The predicted octanol–water partition coefficient (Wildman–Crippen LogP) is 1.37. The van der Waals surface area contributed by atoms with E-state index in [1.807, 2.05) is 27.7 Å². The molecule has 0 radical (unpaired) electrons. The second-order valence-electron chi connectivity index (χ2n) is 5.06. The maximum atomic E-state index is 6.04. The van der Waals surface area contributed by atoms with Crippen LogP contribution in [-0.2, 0) is 18.9 Å². The average Bonchev–Trinajstić information content (AvgIpc) is 2.55. The summed E-state index contributed by atoms with van der Waals surface area (Å²) in [6, 6.07) is 0. The van der Waals surface area contributed by atoms with Gasteiger partial charge in [-0.2, -0.15) is 0 Å². The number of fused-ring (bicyclic) bond motifs is 2. The zero-order chi connectivity index (χ0) is 11.9. The highest BCUT2D eigenvalue weighted by Crippen LogP contribution is 2.46. The van der Waals surface area contributed by atoms with Gasteiger partial charge in [-0.15, -0.1) is 0 Å². The van der Waals surface area contributed by atoms with E-state index in [2.05, 4.69) is 0 Å². The van der Waals surface area contributed by atoms with Crippen LogP contribution in [0.3, 0.4) is 0 Å². The molecule has 0 aromatic heterocycles. The van der Waals surface area contributed by atoms with Gasteiger partial charge in [0.1, 0.15) is 17.8 Å². The summed E-state index contributed by atoms with van der Waals surface area (Å²) >= 11 is 0. The summed E-state index contributed by atoms with van der Waals surface area (Å²) in [6.07, 6.45) is 0.295. The second-order valence-corrected chi connectivity index (χ2v) is 5.06. The van der Waals surface area contributed by atoms with Crippen LogP contribution < -0.4 is 0 Å². The lowest BCUT2D eigenvalue weighted by Crippen LogP contribution is -2.51. The van der Waals surface area contributed by atoms with Crippen molar-refractivity contribution in [3.63, 3.8) is 0 Å². The van der Waals surface area contributed by atoms with Crippen LogP contribution in [0.4, 0.5) is 0 Å². The molecule has 2 fully saturated rings. The van der Waals surface area contributed by atoms with Crippen LogP contribution in [0.1, 0.15) is 27.7 Å². The van der Waals surface area contributed by atoms with E-state index < -0.39 is 5.60 Å². The molecular weight excluding hydrogens is 208 g/mol. The summed E-state index contributed by atoms with van der Waals surface area (Å²) in [7, 11) is 1.69. The van der Waals surface area contributed by atoms with Crippen LogP contribution in [0, 0.1) is 0 Å². The molecule has 2 bridgehead atoms. The molecule has 0 spiro atoms. The summed E-state index contributed by atoms with van der Waals surface area (Å²) in [5.74, 6) is 0. The van der Waals surface area contributed by atoms with E-state index in [9.17, 15) is 0 Å². The molecule has 2 aliphatic heterocycles. The molecule has 0 amide bonds. The number of hydrogen-bond acceptors (Lipinski definition) is 4. The van der Waals surface area contributed by atoms with Crippen molar-refractivity contribution in [2.75, 3.05) is 13.7 Å². The highest BCUT2D eigenvalue weighted by atomic mass is 16.7. The third-order valence-electron chi connectivity index (χ3n) is 3.49. The van der Waals surface area contributed by atoms with Gasteiger partial charge in [0.15, 0.2) is 0 Å². The molecule has 2 saturated heterocycles. The van der Waals surface area contributed by atoms with Gasteiger partial charge >= 0.3 is 0 Å². The average molecular weight is 230 g/mol. The Morgan fingerprint density at radius 3 is 2.56 bits per heavy atom. The smallest absolute Gasteiger partial charge is 0.146 e. The number of ether oxygens (including phenoxy) is 4. The Labute approximate surface area is 97.2 Å². The summed E-state index contributed by atoms with van der Waals surface area (Å²) in [5.41, 5.74) is -0.427. The van der Waals surface area contributed by atoms with Crippen LogP contribution in [0.15, 0.2) is 0 Å². The van der Waals surface area contributed by atoms with Crippen LogP contribution in [0.2, 0.25) is 0 Å². The lowest BCUT2D eigenvalue weighted by molar-refractivity contribution is -0.196. The van der Waals surface area contributed by atoms with Crippen molar-refractivity contribution in [1.29, 1.82) is 0 Å². The fraction of sp³-hybridized carbons (Fsp3) is 1.00. The van der Waals surface area contributed by atoms with E-state index in [1.54, 1.807) is 7.11 Å². The lowest BCUT2D eigenvalue weighted by Gasteiger charge is -2.35. The Bertz CT molecular complexity index is 255. The number of hydrogen-bond donors (Lipinski definition) is 0. The highest BCUT2D eigenvalue weighted by molar-refractivity contribution is 5.12. The fourth-order valence-electron chi connectivity index (χ4n) is 2.81. The number of rotatable bonds is 4. The van der Waals surface area contributed by atoms with Gasteiger partial charge in [-0.3, -0.25) is 0 Å². The Balaban J connectivity index is 2.21. The Morgan fingerprint density at radius 2 is 2.00 bits per heavy atom. The third kappa shape index (κ3) is 1.68. The maximum Gasteiger partial charge on any atom is 0.146 e. The first-order valence-electron chi connectivity index (χ1n) is 5.99. The third-order valence-corrected chi connectivity index (χ3v) is 3.49. The molecule has 0 aromatic carbocycles. The molecule has 0 N–H and O–H groups in total. The van der Waals surface area contributed by atoms with Crippen LogP contribution in [0.25, 0.3) is 0 Å². The normalized spacial score (nSPS) is 46.9. The largest absolute Gasteiger partial charge is 0.381 e. The van der Waals surface area contributed by atoms with Gasteiger partial charge in [0, 0.05) is 7.11 Å². The summed E-state index contributed by atoms with van der Waals surface area (Å²) in [4.78, 5) is 0. The fourth-order valence-corrected chi connectivity index (χ4v) is 2.81. The molecule has 94 valence electrons. The van der Waals surface area contributed by atoms with Gasteiger partial charge in [-0.05, 0) is 27.7 Å². The van der Waals surface area contributed by atoms with E-state index in [4.69, 9.17) is 18.9 Å². The van der Waals surface area contributed by atoms with Gasteiger partial charge < -0.3 is 18.9 Å². The summed E-state index contributed by atoms with van der Waals surface area (Å²) < 4.78 is 23.2. The topological polar surface area (TPSA) is 36.9 Å². The van der Waals surface area contributed by atoms with Crippen molar-refractivity contribution < 1.29 is 18.9 Å². The molecule has 0 aliphatic carbocycles. The summed E-state index contributed by atoms with van der Waals surface area (Å²) in [6.45, 7) is 8.65. The Morgan fingerprint density at radius 1 is 1.31 bits per heavy atom. The van der Waals surface area contributed by atoms with E-state index >= 15 is 0 Å². The Hall–Kier alpha value is -0.160. The monoisotopic (exact) mass is 230 g/mol. The van der Waals surface area contributed by atoms with Crippen molar-refractivity contribution >= 4 is 0 Å². The van der Waals surface area contributed by atoms with Crippen molar-refractivity contribution in [3.8, 4) is 0 Å². The zero-order valence-electron chi connectivity index (χ0n) is 10.7. The van der Waals surface area contributed by atoms with Gasteiger partial charge in [0.05, 0.1) is 24.9 Å². The zero-order valence-corrected chi connectivity index (χ0v) is 10.7.